The van der Waals surface area contributed by atoms with Crippen molar-refractivity contribution in [2.45, 2.75) is 26.3 Å². The van der Waals surface area contributed by atoms with Crippen LogP contribution in [0.5, 0.6) is 0 Å². The molecule has 1 atom stereocenters. The summed E-state index contributed by atoms with van der Waals surface area (Å²) in [6.07, 6.45) is -0.173. The van der Waals surface area contributed by atoms with Gasteiger partial charge in [-0.15, -0.1) is 0 Å². The Morgan fingerprint density at radius 2 is 2.12 bits per heavy atom. The molecule has 2 heterocycles. The largest absolute Gasteiger partial charge is 0.469 e. The van der Waals surface area contributed by atoms with Crippen molar-refractivity contribution in [1.29, 1.82) is 0 Å². The van der Waals surface area contributed by atoms with Crippen molar-refractivity contribution in [2.24, 2.45) is 0 Å². The quantitative estimate of drug-likeness (QED) is 0.840. The molecule has 1 N–H and O–H groups in total. The summed E-state index contributed by atoms with van der Waals surface area (Å²) < 4.78 is 4.66. The van der Waals surface area contributed by atoms with Crippen LogP contribution in [0, 0.1) is 13.8 Å². The summed E-state index contributed by atoms with van der Waals surface area (Å²) in [6.45, 7) is 4.43. The number of nitrogens with one attached hydrogen (secondary N) is 1. The van der Waals surface area contributed by atoms with Crippen LogP contribution in [-0.2, 0) is 14.3 Å². The lowest BCUT2D eigenvalue weighted by Crippen LogP contribution is -2.58. The fourth-order valence-electron chi connectivity index (χ4n) is 3.21. The van der Waals surface area contributed by atoms with E-state index in [9.17, 15) is 14.4 Å². The number of ether oxygens (including phenoxy) is 1. The number of fused-ring (bicyclic) bond motifs is 1. The molecule has 1 fully saturated rings. The highest BCUT2D eigenvalue weighted by atomic mass is 16.5. The molecule has 0 saturated carbocycles. The zero-order chi connectivity index (χ0) is 18.8. The average Bonchev–Trinajstić information content (AvgIpc) is 2.63. The summed E-state index contributed by atoms with van der Waals surface area (Å²) in [4.78, 5) is 43.0. The van der Waals surface area contributed by atoms with Gasteiger partial charge in [0.05, 0.1) is 30.3 Å². The van der Waals surface area contributed by atoms with Crippen LogP contribution in [0.15, 0.2) is 24.3 Å². The number of esters is 1. The number of benzene rings is 1. The Bertz CT molecular complexity index is 894. The van der Waals surface area contributed by atoms with Gasteiger partial charge in [0.15, 0.2) is 0 Å². The number of carbonyl (C=O) groups excluding carboxylic acids is 3. The number of aryl methyl sites for hydroxylation is 2. The maximum absolute atomic E-state index is 13.1. The average molecular weight is 355 g/mol. The molecule has 7 heteroatoms. The molecule has 1 unspecified atom stereocenters. The van der Waals surface area contributed by atoms with Crippen molar-refractivity contribution in [1.82, 2.24) is 15.2 Å². The second-order valence-electron chi connectivity index (χ2n) is 6.35. The SMILES string of the molecule is COC(=O)CC1C(=O)NCCN1C(=O)c1cc2cccc(C)c2nc1C. The van der Waals surface area contributed by atoms with Gasteiger partial charge in [-0.25, -0.2) is 0 Å². The van der Waals surface area contributed by atoms with E-state index in [0.717, 1.165) is 16.5 Å². The maximum atomic E-state index is 13.1. The van der Waals surface area contributed by atoms with Gasteiger partial charge >= 0.3 is 5.97 Å². The topological polar surface area (TPSA) is 88.6 Å². The number of piperazine rings is 1. The summed E-state index contributed by atoms with van der Waals surface area (Å²) in [5.41, 5.74) is 2.92. The van der Waals surface area contributed by atoms with Crippen molar-refractivity contribution in [3.8, 4) is 0 Å². The third kappa shape index (κ3) is 3.24. The van der Waals surface area contributed by atoms with E-state index in [1.54, 1.807) is 13.0 Å². The molecule has 2 amide bonds. The molecule has 26 heavy (non-hydrogen) atoms. The molecule has 0 bridgehead atoms. The van der Waals surface area contributed by atoms with Gasteiger partial charge in [0, 0.05) is 18.5 Å². The predicted octanol–water partition coefficient (Wildman–Crippen LogP) is 1.36. The fourth-order valence-corrected chi connectivity index (χ4v) is 3.21. The Balaban J connectivity index is 1.98. The Kier molecular flexibility index (Phi) is 4.88. The molecule has 0 radical (unpaired) electrons. The van der Waals surface area contributed by atoms with Crippen molar-refractivity contribution in [3.05, 3.63) is 41.1 Å². The van der Waals surface area contributed by atoms with Crippen molar-refractivity contribution < 1.29 is 19.1 Å². The molecule has 1 aliphatic rings. The highest BCUT2D eigenvalue weighted by Crippen LogP contribution is 2.22. The first-order valence-corrected chi connectivity index (χ1v) is 8.45. The minimum absolute atomic E-state index is 0.173. The van der Waals surface area contributed by atoms with E-state index in [-0.39, 0.29) is 18.2 Å². The molecule has 1 aromatic heterocycles. The maximum Gasteiger partial charge on any atom is 0.308 e. The molecule has 3 rings (SSSR count). The van der Waals surface area contributed by atoms with Crippen LogP contribution in [0.1, 0.15) is 28.0 Å². The summed E-state index contributed by atoms with van der Waals surface area (Å²) in [6, 6.07) is 6.71. The first-order chi connectivity index (χ1) is 12.4. The number of amides is 2. The van der Waals surface area contributed by atoms with Crippen LogP contribution in [0.3, 0.4) is 0 Å². The molecule has 1 saturated heterocycles. The van der Waals surface area contributed by atoms with Gasteiger partial charge in [-0.1, -0.05) is 18.2 Å². The van der Waals surface area contributed by atoms with Gasteiger partial charge in [0.1, 0.15) is 6.04 Å². The Labute approximate surface area is 151 Å². The van der Waals surface area contributed by atoms with E-state index < -0.39 is 12.0 Å². The molecule has 1 aromatic carbocycles. The van der Waals surface area contributed by atoms with E-state index >= 15 is 0 Å². The lowest BCUT2D eigenvalue weighted by atomic mass is 10.0. The predicted molar refractivity (Wildman–Crippen MR) is 95.7 cm³/mol. The highest BCUT2D eigenvalue weighted by Gasteiger charge is 2.36. The minimum Gasteiger partial charge on any atom is -0.469 e. The summed E-state index contributed by atoms with van der Waals surface area (Å²) in [5, 5.41) is 3.56. The van der Waals surface area contributed by atoms with Gasteiger partial charge in [0.25, 0.3) is 5.91 Å². The first kappa shape index (κ1) is 17.8. The number of aromatic nitrogens is 1. The van der Waals surface area contributed by atoms with Gasteiger partial charge in [-0.3, -0.25) is 19.4 Å². The van der Waals surface area contributed by atoms with E-state index in [2.05, 4.69) is 15.0 Å². The minimum atomic E-state index is -0.878. The van der Waals surface area contributed by atoms with Crippen LogP contribution < -0.4 is 5.32 Å². The number of nitrogens with zero attached hydrogens (tertiary/aromatic N) is 2. The highest BCUT2D eigenvalue weighted by molar-refractivity contribution is 6.02. The molecule has 136 valence electrons. The van der Waals surface area contributed by atoms with Crippen LogP contribution in [0.25, 0.3) is 10.9 Å². The lowest BCUT2D eigenvalue weighted by molar-refractivity contribution is -0.145. The molecular weight excluding hydrogens is 334 g/mol. The van der Waals surface area contributed by atoms with Gasteiger partial charge in [-0.2, -0.15) is 0 Å². The van der Waals surface area contributed by atoms with Crippen molar-refractivity contribution in [3.63, 3.8) is 0 Å². The zero-order valence-corrected chi connectivity index (χ0v) is 15.0. The normalized spacial score (nSPS) is 17.1. The number of hydrogen-bond donors (Lipinski definition) is 1. The van der Waals surface area contributed by atoms with E-state index in [1.165, 1.54) is 12.0 Å². The number of rotatable bonds is 3. The van der Waals surface area contributed by atoms with Crippen molar-refractivity contribution >= 4 is 28.7 Å². The second-order valence-corrected chi connectivity index (χ2v) is 6.35. The third-order valence-electron chi connectivity index (χ3n) is 4.65. The first-order valence-electron chi connectivity index (χ1n) is 8.45. The van der Waals surface area contributed by atoms with E-state index in [0.29, 0.717) is 24.3 Å². The second kappa shape index (κ2) is 7.11. The van der Waals surface area contributed by atoms with Gasteiger partial charge in [-0.05, 0) is 25.5 Å². The molecule has 0 aliphatic carbocycles. The number of methoxy groups -OCH3 is 1. The van der Waals surface area contributed by atoms with Crippen LogP contribution in [0.4, 0.5) is 0 Å². The standard InChI is InChI=1S/C19H21N3O4/c1-11-5-4-6-13-9-14(12(2)21-17(11)13)19(25)22-8-7-20-18(24)15(22)10-16(23)26-3/h4-6,9,15H,7-8,10H2,1-3H3,(H,20,24). The monoisotopic (exact) mass is 355 g/mol. The molecular formula is C19H21N3O4. The number of hydrogen-bond acceptors (Lipinski definition) is 5. The molecule has 0 spiro atoms. The molecule has 7 nitrogen and oxygen atoms in total. The number of pyridine rings is 1. The fraction of sp³-hybridized carbons (Fsp3) is 0.368. The third-order valence-corrected chi connectivity index (χ3v) is 4.65. The van der Waals surface area contributed by atoms with Crippen LogP contribution >= 0.6 is 0 Å². The summed E-state index contributed by atoms with van der Waals surface area (Å²) >= 11 is 0. The van der Waals surface area contributed by atoms with Crippen molar-refractivity contribution in [2.75, 3.05) is 20.2 Å². The lowest BCUT2D eigenvalue weighted by Gasteiger charge is -2.34. The Morgan fingerprint density at radius 1 is 1.35 bits per heavy atom. The number of para-hydroxylation sites is 1. The summed E-state index contributed by atoms with van der Waals surface area (Å²) in [7, 11) is 1.26. The van der Waals surface area contributed by atoms with Gasteiger partial charge < -0.3 is 15.0 Å². The van der Waals surface area contributed by atoms with E-state index in [4.69, 9.17) is 0 Å². The smallest absolute Gasteiger partial charge is 0.308 e. The number of carbonyl (C=O) groups is 3. The van der Waals surface area contributed by atoms with Gasteiger partial charge in [0.2, 0.25) is 5.91 Å². The van der Waals surface area contributed by atoms with E-state index in [1.807, 2.05) is 25.1 Å². The Morgan fingerprint density at radius 3 is 2.85 bits per heavy atom. The van der Waals surface area contributed by atoms with Crippen LogP contribution in [0.2, 0.25) is 0 Å². The molecule has 1 aliphatic heterocycles. The molecule has 2 aromatic rings. The zero-order valence-electron chi connectivity index (χ0n) is 15.0. The van der Waals surface area contributed by atoms with Crippen LogP contribution in [-0.4, -0.2) is 53.9 Å². The summed E-state index contributed by atoms with van der Waals surface area (Å²) in [5.74, 6) is -1.19. The Hall–Kier alpha value is -2.96.